The van der Waals surface area contributed by atoms with E-state index in [9.17, 15) is 9.50 Å². The molecule has 0 saturated carbocycles. The summed E-state index contributed by atoms with van der Waals surface area (Å²) >= 11 is 0. The Balaban J connectivity index is 2.06. The molecule has 0 radical (unpaired) electrons. The maximum Gasteiger partial charge on any atom is 0.123 e. The van der Waals surface area contributed by atoms with Crippen LogP contribution in [-0.2, 0) is 6.54 Å². The van der Waals surface area contributed by atoms with E-state index in [1.165, 1.54) is 12.1 Å². The maximum absolute atomic E-state index is 13.1. The third-order valence-corrected chi connectivity index (χ3v) is 2.97. The van der Waals surface area contributed by atoms with Crippen molar-refractivity contribution in [3.05, 3.63) is 59.7 Å². The van der Waals surface area contributed by atoms with Crippen molar-refractivity contribution in [2.75, 3.05) is 0 Å². The number of aliphatic hydroxyl groups is 1. The highest BCUT2D eigenvalue weighted by Crippen LogP contribution is 2.19. The van der Waals surface area contributed by atoms with Gasteiger partial charge in [-0.1, -0.05) is 25.5 Å². The molecule has 1 N–H and O–H groups in total. The van der Waals surface area contributed by atoms with E-state index >= 15 is 0 Å². The van der Waals surface area contributed by atoms with E-state index in [1.54, 1.807) is 6.07 Å². The molecule has 18 heavy (non-hydrogen) atoms. The van der Waals surface area contributed by atoms with Crippen molar-refractivity contribution in [1.29, 1.82) is 0 Å². The van der Waals surface area contributed by atoms with E-state index in [1.807, 2.05) is 36.0 Å². The van der Waals surface area contributed by atoms with Gasteiger partial charge in [0.05, 0.1) is 6.10 Å². The van der Waals surface area contributed by atoms with Crippen LogP contribution in [0.3, 0.4) is 0 Å². The molecule has 3 heteroatoms. The smallest absolute Gasteiger partial charge is 0.123 e. The van der Waals surface area contributed by atoms with Crippen LogP contribution in [-0.4, -0.2) is 9.67 Å². The van der Waals surface area contributed by atoms with Gasteiger partial charge < -0.3 is 9.67 Å². The molecule has 2 rings (SSSR count). The minimum absolute atomic E-state index is 0.217. The molecule has 2 nitrogen and oxygen atoms in total. The standard InChI is InChI=1S/C15H18FNO/c1-2-4-15(18)13-7-8-17(11-13)10-12-5-3-6-14(16)9-12/h3,5-9,11,15,18H,2,4,10H2,1H3. The first-order valence-electron chi connectivity index (χ1n) is 6.27. The van der Waals surface area contributed by atoms with Crippen LogP contribution in [0.2, 0.25) is 0 Å². The number of rotatable bonds is 5. The number of benzene rings is 1. The zero-order valence-electron chi connectivity index (χ0n) is 10.5. The highest BCUT2D eigenvalue weighted by molar-refractivity contribution is 5.19. The van der Waals surface area contributed by atoms with Crippen molar-refractivity contribution in [3.63, 3.8) is 0 Å². The lowest BCUT2D eigenvalue weighted by atomic mass is 10.1. The summed E-state index contributed by atoms with van der Waals surface area (Å²) in [5, 5.41) is 9.87. The highest BCUT2D eigenvalue weighted by atomic mass is 19.1. The van der Waals surface area contributed by atoms with E-state index < -0.39 is 6.10 Å². The first-order valence-corrected chi connectivity index (χ1v) is 6.27. The lowest BCUT2D eigenvalue weighted by molar-refractivity contribution is 0.166. The number of hydrogen-bond donors (Lipinski definition) is 1. The summed E-state index contributed by atoms with van der Waals surface area (Å²) in [5.41, 5.74) is 1.84. The van der Waals surface area contributed by atoms with E-state index in [-0.39, 0.29) is 5.82 Å². The summed E-state index contributed by atoms with van der Waals surface area (Å²) in [5.74, 6) is -0.217. The summed E-state index contributed by atoms with van der Waals surface area (Å²) in [6.07, 6.45) is 5.16. The van der Waals surface area contributed by atoms with Crippen LogP contribution in [0.1, 0.15) is 37.0 Å². The molecule has 0 spiro atoms. The van der Waals surface area contributed by atoms with Gasteiger partial charge in [-0.25, -0.2) is 4.39 Å². The Labute approximate surface area is 107 Å². The van der Waals surface area contributed by atoms with Gasteiger partial charge >= 0.3 is 0 Å². The van der Waals surface area contributed by atoms with E-state index in [2.05, 4.69) is 0 Å². The van der Waals surface area contributed by atoms with Crippen LogP contribution >= 0.6 is 0 Å². The van der Waals surface area contributed by atoms with Crippen molar-refractivity contribution in [1.82, 2.24) is 4.57 Å². The summed E-state index contributed by atoms with van der Waals surface area (Å²) < 4.78 is 15.0. The lowest BCUT2D eigenvalue weighted by Gasteiger charge is -2.07. The molecule has 1 unspecified atom stereocenters. The average molecular weight is 247 g/mol. The number of aliphatic hydroxyl groups excluding tert-OH is 1. The van der Waals surface area contributed by atoms with Crippen molar-refractivity contribution in [3.8, 4) is 0 Å². The second kappa shape index (κ2) is 5.83. The van der Waals surface area contributed by atoms with Crippen LogP contribution in [0.25, 0.3) is 0 Å². The summed E-state index contributed by atoms with van der Waals surface area (Å²) in [6, 6.07) is 8.49. The predicted molar refractivity (Wildman–Crippen MR) is 69.8 cm³/mol. The monoisotopic (exact) mass is 247 g/mol. The molecule has 1 heterocycles. The Bertz CT molecular complexity index is 507. The van der Waals surface area contributed by atoms with Crippen molar-refractivity contribution in [2.24, 2.45) is 0 Å². The molecule has 1 atom stereocenters. The number of hydrogen-bond acceptors (Lipinski definition) is 1. The van der Waals surface area contributed by atoms with Gasteiger partial charge in [-0.05, 0) is 35.7 Å². The first kappa shape index (κ1) is 12.8. The Morgan fingerprint density at radius 1 is 1.33 bits per heavy atom. The summed E-state index contributed by atoms with van der Waals surface area (Å²) in [4.78, 5) is 0. The average Bonchev–Trinajstić information content (AvgIpc) is 2.78. The largest absolute Gasteiger partial charge is 0.388 e. The molecule has 0 amide bonds. The molecule has 0 aliphatic heterocycles. The fourth-order valence-corrected chi connectivity index (χ4v) is 2.04. The third kappa shape index (κ3) is 3.20. The number of aromatic nitrogens is 1. The van der Waals surface area contributed by atoms with Crippen molar-refractivity contribution >= 4 is 0 Å². The van der Waals surface area contributed by atoms with Crippen LogP contribution in [0.5, 0.6) is 0 Å². The maximum atomic E-state index is 13.1. The molecular weight excluding hydrogens is 229 g/mol. The van der Waals surface area contributed by atoms with E-state index in [0.29, 0.717) is 6.54 Å². The van der Waals surface area contributed by atoms with E-state index in [0.717, 1.165) is 24.0 Å². The van der Waals surface area contributed by atoms with Gasteiger partial charge in [0.1, 0.15) is 5.82 Å². The molecule has 0 fully saturated rings. The van der Waals surface area contributed by atoms with Gasteiger partial charge in [0.15, 0.2) is 0 Å². The number of nitrogens with zero attached hydrogens (tertiary/aromatic N) is 1. The van der Waals surface area contributed by atoms with Crippen LogP contribution in [0.15, 0.2) is 42.7 Å². The van der Waals surface area contributed by atoms with Crippen molar-refractivity contribution in [2.45, 2.75) is 32.4 Å². The normalized spacial score (nSPS) is 12.6. The van der Waals surface area contributed by atoms with Crippen LogP contribution in [0, 0.1) is 5.82 Å². The Hall–Kier alpha value is -1.61. The topological polar surface area (TPSA) is 25.2 Å². The minimum Gasteiger partial charge on any atom is -0.388 e. The van der Waals surface area contributed by atoms with Gasteiger partial charge in [-0.15, -0.1) is 0 Å². The third-order valence-electron chi connectivity index (χ3n) is 2.97. The fraction of sp³-hybridized carbons (Fsp3) is 0.333. The molecule has 96 valence electrons. The lowest BCUT2D eigenvalue weighted by Crippen LogP contribution is -1.98. The quantitative estimate of drug-likeness (QED) is 0.859. The van der Waals surface area contributed by atoms with E-state index in [4.69, 9.17) is 0 Å². The molecule has 0 bridgehead atoms. The molecule has 0 aliphatic carbocycles. The van der Waals surface area contributed by atoms with Gasteiger partial charge in [0, 0.05) is 18.9 Å². The number of halogens is 1. The van der Waals surface area contributed by atoms with Crippen LogP contribution < -0.4 is 0 Å². The van der Waals surface area contributed by atoms with Gasteiger partial charge in [0.25, 0.3) is 0 Å². The second-order valence-electron chi connectivity index (χ2n) is 4.55. The van der Waals surface area contributed by atoms with Gasteiger partial charge in [0.2, 0.25) is 0 Å². The first-order chi connectivity index (χ1) is 8.69. The Morgan fingerprint density at radius 3 is 2.89 bits per heavy atom. The summed E-state index contributed by atoms with van der Waals surface area (Å²) in [7, 11) is 0. The van der Waals surface area contributed by atoms with Crippen molar-refractivity contribution < 1.29 is 9.50 Å². The fourth-order valence-electron chi connectivity index (χ4n) is 2.04. The summed E-state index contributed by atoms with van der Waals surface area (Å²) in [6.45, 7) is 2.67. The van der Waals surface area contributed by atoms with Gasteiger partial charge in [-0.3, -0.25) is 0 Å². The SMILES string of the molecule is CCCC(O)c1ccn(Cc2cccc(F)c2)c1. The minimum atomic E-state index is -0.399. The molecule has 0 aliphatic rings. The molecule has 1 aromatic carbocycles. The predicted octanol–water partition coefficient (Wildman–Crippen LogP) is 3.51. The molecule has 0 saturated heterocycles. The molecular formula is C15H18FNO. The zero-order chi connectivity index (χ0) is 13.0. The van der Waals surface area contributed by atoms with Crippen LogP contribution in [0.4, 0.5) is 4.39 Å². The Kier molecular flexibility index (Phi) is 4.15. The molecule has 1 aromatic heterocycles. The zero-order valence-corrected chi connectivity index (χ0v) is 10.5. The highest BCUT2D eigenvalue weighted by Gasteiger charge is 2.07. The van der Waals surface area contributed by atoms with Gasteiger partial charge in [-0.2, -0.15) is 0 Å². The second-order valence-corrected chi connectivity index (χ2v) is 4.55. The Morgan fingerprint density at radius 2 is 2.17 bits per heavy atom. The molecule has 2 aromatic rings.